The molecule has 0 aromatic heterocycles. The summed E-state index contributed by atoms with van der Waals surface area (Å²) in [5, 5.41) is 3.32. The molecule has 4 rings (SSSR count). The van der Waals surface area contributed by atoms with E-state index in [1.165, 1.54) is 0 Å². The number of allylic oxidation sites excluding steroid dienone is 3. The van der Waals surface area contributed by atoms with Crippen LogP contribution in [0.5, 0.6) is 11.5 Å². The van der Waals surface area contributed by atoms with Gasteiger partial charge in [-0.25, -0.2) is 4.79 Å². The Hall–Kier alpha value is -4.07. The number of methoxy groups -OCH3 is 1. The Kier molecular flexibility index (Phi) is 8.74. The highest BCUT2D eigenvalue weighted by atomic mass is 16.5. The lowest BCUT2D eigenvalue weighted by Crippen LogP contribution is -2.43. The maximum Gasteiger partial charge on any atom is 0.336 e. The Morgan fingerprint density at radius 1 is 0.923 bits per heavy atom. The molecule has 1 heterocycles. The molecular weight excluding hydrogens is 498 g/mol. The van der Waals surface area contributed by atoms with Gasteiger partial charge >= 0.3 is 11.9 Å². The maximum atomic E-state index is 14.4. The SMILES string of the molecule is CCOC(=O)C1=C(C)NC2=C(C(=O)[C@@H](C(=O)OCC)[C@@H](c3cccc(OC)c3)C2)[C@H]1c1ccc(OCC)cc1. The van der Waals surface area contributed by atoms with Gasteiger partial charge < -0.3 is 24.3 Å². The van der Waals surface area contributed by atoms with Crippen LogP contribution < -0.4 is 14.8 Å². The quantitative estimate of drug-likeness (QED) is 0.362. The van der Waals surface area contributed by atoms with Gasteiger partial charge in [-0.15, -0.1) is 0 Å². The Bertz CT molecular complexity index is 1310. The van der Waals surface area contributed by atoms with Crippen molar-refractivity contribution in [1.29, 1.82) is 0 Å². The first-order chi connectivity index (χ1) is 18.8. The van der Waals surface area contributed by atoms with Crippen molar-refractivity contribution in [3.63, 3.8) is 0 Å². The first-order valence-electron chi connectivity index (χ1n) is 13.3. The van der Waals surface area contributed by atoms with Crippen molar-refractivity contribution in [2.45, 2.75) is 46.0 Å². The van der Waals surface area contributed by atoms with Crippen LogP contribution in [-0.2, 0) is 23.9 Å². The summed E-state index contributed by atoms with van der Waals surface area (Å²) in [5.41, 5.74) is 3.53. The molecule has 206 valence electrons. The van der Waals surface area contributed by atoms with Gasteiger partial charge in [0.25, 0.3) is 0 Å². The van der Waals surface area contributed by atoms with Gasteiger partial charge in [0, 0.05) is 28.8 Å². The van der Waals surface area contributed by atoms with Crippen LogP contribution >= 0.6 is 0 Å². The largest absolute Gasteiger partial charge is 0.497 e. The van der Waals surface area contributed by atoms with Crippen molar-refractivity contribution < 1.29 is 33.3 Å². The van der Waals surface area contributed by atoms with Crippen LogP contribution in [0.2, 0.25) is 0 Å². The summed E-state index contributed by atoms with van der Waals surface area (Å²) in [5.74, 6) is -2.43. The van der Waals surface area contributed by atoms with E-state index in [4.69, 9.17) is 18.9 Å². The van der Waals surface area contributed by atoms with Crippen molar-refractivity contribution in [3.05, 3.63) is 82.2 Å². The lowest BCUT2D eigenvalue weighted by molar-refractivity contribution is -0.152. The predicted molar refractivity (Wildman–Crippen MR) is 145 cm³/mol. The van der Waals surface area contributed by atoms with Crippen LogP contribution in [0.25, 0.3) is 0 Å². The van der Waals surface area contributed by atoms with Gasteiger partial charge in [0.2, 0.25) is 0 Å². The fourth-order valence-electron chi connectivity index (χ4n) is 5.46. The van der Waals surface area contributed by atoms with Gasteiger partial charge in [0.1, 0.15) is 17.4 Å². The van der Waals surface area contributed by atoms with Crippen LogP contribution in [-0.4, -0.2) is 44.7 Å². The van der Waals surface area contributed by atoms with Crippen molar-refractivity contribution in [2.24, 2.45) is 5.92 Å². The van der Waals surface area contributed by atoms with E-state index in [-0.39, 0.29) is 19.0 Å². The van der Waals surface area contributed by atoms with E-state index < -0.39 is 29.7 Å². The number of Topliss-reactive ketones (excluding diaryl/α,β-unsaturated/α-hetero) is 1. The summed E-state index contributed by atoms with van der Waals surface area (Å²) < 4.78 is 21.8. The third-order valence-corrected chi connectivity index (χ3v) is 7.10. The van der Waals surface area contributed by atoms with E-state index in [1.54, 1.807) is 27.9 Å². The molecule has 3 atom stereocenters. The third-order valence-electron chi connectivity index (χ3n) is 7.10. The number of hydrogen-bond acceptors (Lipinski definition) is 8. The summed E-state index contributed by atoms with van der Waals surface area (Å²) in [7, 11) is 1.57. The summed E-state index contributed by atoms with van der Waals surface area (Å²) in [6.45, 7) is 8.01. The Morgan fingerprint density at radius 2 is 1.64 bits per heavy atom. The molecule has 0 unspecified atom stereocenters. The number of benzene rings is 2. The average molecular weight is 534 g/mol. The van der Waals surface area contributed by atoms with Crippen LogP contribution in [0, 0.1) is 5.92 Å². The number of carbonyl (C=O) groups is 3. The maximum absolute atomic E-state index is 14.4. The number of hydrogen-bond donors (Lipinski definition) is 1. The van der Waals surface area contributed by atoms with Crippen LogP contribution in [0.15, 0.2) is 71.1 Å². The van der Waals surface area contributed by atoms with E-state index >= 15 is 0 Å². The number of carbonyl (C=O) groups excluding carboxylic acids is 3. The predicted octanol–water partition coefficient (Wildman–Crippen LogP) is 4.81. The summed E-state index contributed by atoms with van der Waals surface area (Å²) >= 11 is 0. The second-order valence-electron chi connectivity index (χ2n) is 9.39. The van der Waals surface area contributed by atoms with Gasteiger partial charge in [-0.1, -0.05) is 24.3 Å². The van der Waals surface area contributed by atoms with Gasteiger partial charge in [-0.2, -0.15) is 0 Å². The molecule has 2 aromatic rings. The lowest BCUT2D eigenvalue weighted by atomic mass is 9.67. The molecule has 0 spiro atoms. The number of nitrogens with one attached hydrogen (secondary N) is 1. The van der Waals surface area contributed by atoms with Crippen LogP contribution in [0.3, 0.4) is 0 Å². The molecule has 0 fully saturated rings. The minimum Gasteiger partial charge on any atom is -0.497 e. The van der Waals surface area contributed by atoms with Crippen LogP contribution in [0.4, 0.5) is 0 Å². The molecule has 8 heteroatoms. The van der Waals surface area contributed by atoms with Gasteiger partial charge in [-0.3, -0.25) is 9.59 Å². The van der Waals surface area contributed by atoms with Crippen molar-refractivity contribution in [2.75, 3.05) is 26.9 Å². The molecule has 2 aliphatic rings. The molecule has 0 saturated heterocycles. The number of ketones is 1. The molecule has 0 radical (unpaired) electrons. The molecule has 1 aliphatic heterocycles. The molecular formula is C31H35NO7. The molecule has 0 saturated carbocycles. The summed E-state index contributed by atoms with van der Waals surface area (Å²) in [6.07, 6.45) is 0.374. The average Bonchev–Trinajstić information content (AvgIpc) is 2.93. The number of dihydropyridines is 1. The third kappa shape index (κ3) is 5.55. The van der Waals surface area contributed by atoms with E-state index in [0.717, 1.165) is 11.1 Å². The standard InChI is InChI=1S/C31H35NO7/c1-6-37-21-14-12-19(13-15-21)26-25(30(34)38-7-2)18(4)32-24-17-23(20-10-9-11-22(16-20)36-5)27(29(33)28(24)26)31(35)39-8-3/h9-16,23,26-27,32H,6-8,17H2,1-5H3/t23-,26+,27+/m1/s1. The van der Waals surface area contributed by atoms with Gasteiger partial charge in [0.15, 0.2) is 5.78 Å². The Balaban J connectivity index is 1.88. The second-order valence-corrected chi connectivity index (χ2v) is 9.39. The second kappa shape index (κ2) is 12.2. The number of rotatable bonds is 9. The molecule has 2 aromatic carbocycles. The minimum absolute atomic E-state index is 0.146. The molecule has 39 heavy (non-hydrogen) atoms. The van der Waals surface area contributed by atoms with Crippen molar-refractivity contribution >= 4 is 17.7 Å². The number of esters is 2. The zero-order valence-electron chi connectivity index (χ0n) is 23.0. The molecule has 0 amide bonds. The Morgan fingerprint density at radius 3 is 2.28 bits per heavy atom. The molecule has 0 bridgehead atoms. The van der Waals surface area contributed by atoms with Crippen molar-refractivity contribution in [1.82, 2.24) is 5.32 Å². The lowest BCUT2D eigenvalue weighted by Gasteiger charge is -2.39. The zero-order chi connectivity index (χ0) is 28.1. The van der Waals surface area contributed by atoms with E-state index in [2.05, 4.69) is 5.32 Å². The normalized spacial score (nSPS) is 20.6. The smallest absolute Gasteiger partial charge is 0.336 e. The van der Waals surface area contributed by atoms with Crippen molar-refractivity contribution in [3.8, 4) is 11.5 Å². The van der Waals surface area contributed by atoms with E-state index in [0.29, 0.717) is 47.1 Å². The highest BCUT2D eigenvalue weighted by molar-refractivity contribution is 6.13. The first-order valence-corrected chi connectivity index (χ1v) is 13.3. The topological polar surface area (TPSA) is 100 Å². The highest BCUT2D eigenvalue weighted by Crippen LogP contribution is 2.48. The first kappa shape index (κ1) is 28.0. The zero-order valence-corrected chi connectivity index (χ0v) is 23.0. The van der Waals surface area contributed by atoms with E-state index in [9.17, 15) is 14.4 Å². The highest BCUT2D eigenvalue weighted by Gasteiger charge is 2.49. The van der Waals surface area contributed by atoms with Gasteiger partial charge in [0.05, 0.1) is 32.5 Å². The fraction of sp³-hybridized carbons (Fsp3) is 0.387. The van der Waals surface area contributed by atoms with Gasteiger partial charge in [-0.05, 0) is 69.5 Å². The molecule has 1 N–H and O–H groups in total. The monoisotopic (exact) mass is 533 g/mol. The van der Waals surface area contributed by atoms with Crippen LogP contribution in [0.1, 0.15) is 57.1 Å². The summed E-state index contributed by atoms with van der Waals surface area (Å²) in [4.78, 5) is 40.9. The number of ether oxygens (including phenoxy) is 4. The minimum atomic E-state index is -1.08. The molecule has 8 nitrogen and oxygen atoms in total. The Labute approximate surface area is 229 Å². The summed E-state index contributed by atoms with van der Waals surface area (Å²) in [6, 6.07) is 14.7. The fourth-order valence-corrected chi connectivity index (χ4v) is 5.46. The van der Waals surface area contributed by atoms with E-state index in [1.807, 2.05) is 55.5 Å². The molecule has 1 aliphatic carbocycles.